The van der Waals surface area contributed by atoms with Crippen molar-refractivity contribution < 1.29 is 0 Å². The summed E-state index contributed by atoms with van der Waals surface area (Å²) in [6.07, 6.45) is 3.55. The summed E-state index contributed by atoms with van der Waals surface area (Å²) in [6, 6.07) is 2.45. The SMILES string of the molecule is Cc1csc(N2CCN(c3ncnc4[nH]ccc34)CC2C)n1. The van der Waals surface area contributed by atoms with E-state index in [-0.39, 0.29) is 0 Å². The molecule has 3 aromatic heterocycles. The van der Waals surface area contributed by atoms with E-state index in [2.05, 4.69) is 42.0 Å². The van der Waals surface area contributed by atoms with Crippen LogP contribution in [-0.4, -0.2) is 45.6 Å². The Balaban J connectivity index is 1.59. The number of thiazole rings is 1. The van der Waals surface area contributed by atoms with E-state index in [1.807, 2.05) is 19.2 Å². The molecule has 4 heterocycles. The van der Waals surface area contributed by atoms with Gasteiger partial charge in [0.05, 0.1) is 11.1 Å². The normalized spacial score (nSPS) is 19.1. The molecule has 1 N–H and O–H groups in total. The molecule has 1 aliphatic heterocycles. The molecule has 1 saturated heterocycles. The van der Waals surface area contributed by atoms with E-state index in [1.165, 1.54) is 0 Å². The maximum Gasteiger partial charge on any atom is 0.185 e. The fourth-order valence-electron chi connectivity index (χ4n) is 3.02. The molecule has 0 radical (unpaired) electrons. The van der Waals surface area contributed by atoms with Crippen molar-refractivity contribution in [2.45, 2.75) is 19.9 Å². The minimum Gasteiger partial charge on any atom is -0.352 e. The van der Waals surface area contributed by atoms with Gasteiger partial charge in [0.25, 0.3) is 0 Å². The molecule has 0 spiro atoms. The minimum atomic E-state index is 0.406. The fourth-order valence-corrected chi connectivity index (χ4v) is 3.95. The first-order chi connectivity index (χ1) is 10.7. The Labute approximate surface area is 132 Å². The molecule has 1 fully saturated rings. The smallest absolute Gasteiger partial charge is 0.185 e. The van der Waals surface area contributed by atoms with Gasteiger partial charge >= 0.3 is 0 Å². The van der Waals surface area contributed by atoms with Crippen LogP contribution in [0.15, 0.2) is 24.0 Å². The van der Waals surface area contributed by atoms with Crippen LogP contribution in [-0.2, 0) is 0 Å². The Hall–Kier alpha value is -2.15. The second-order valence-corrected chi connectivity index (χ2v) is 6.53. The number of nitrogens with zero attached hydrogens (tertiary/aromatic N) is 5. The van der Waals surface area contributed by atoms with Crippen LogP contribution >= 0.6 is 11.3 Å². The van der Waals surface area contributed by atoms with Crippen molar-refractivity contribution in [2.75, 3.05) is 29.4 Å². The van der Waals surface area contributed by atoms with E-state index in [0.717, 1.165) is 47.3 Å². The molecule has 7 heteroatoms. The van der Waals surface area contributed by atoms with E-state index in [1.54, 1.807) is 17.7 Å². The Bertz CT molecular complexity index is 794. The Morgan fingerprint density at radius 2 is 2.23 bits per heavy atom. The van der Waals surface area contributed by atoms with Crippen LogP contribution in [0.2, 0.25) is 0 Å². The van der Waals surface area contributed by atoms with E-state index < -0.39 is 0 Å². The number of aromatic nitrogens is 4. The van der Waals surface area contributed by atoms with Crippen molar-refractivity contribution in [1.82, 2.24) is 19.9 Å². The van der Waals surface area contributed by atoms with Crippen molar-refractivity contribution in [1.29, 1.82) is 0 Å². The molecule has 0 amide bonds. The third kappa shape index (κ3) is 2.21. The summed E-state index contributed by atoms with van der Waals surface area (Å²) in [7, 11) is 0. The van der Waals surface area contributed by atoms with Gasteiger partial charge in [0.2, 0.25) is 0 Å². The largest absolute Gasteiger partial charge is 0.352 e. The van der Waals surface area contributed by atoms with E-state index in [0.29, 0.717) is 6.04 Å². The number of hydrogen-bond donors (Lipinski definition) is 1. The van der Waals surface area contributed by atoms with Gasteiger partial charge in [-0.25, -0.2) is 15.0 Å². The van der Waals surface area contributed by atoms with Crippen molar-refractivity contribution in [3.05, 3.63) is 29.7 Å². The monoisotopic (exact) mass is 314 g/mol. The first-order valence-corrected chi connectivity index (χ1v) is 8.32. The van der Waals surface area contributed by atoms with E-state index >= 15 is 0 Å². The topological polar surface area (TPSA) is 60.9 Å². The molecule has 3 aromatic rings. The molecule has 0 saturated carbocycles. The van der Waals surface area contributed by atoms with Crippen LogP contribution < -0.4 is 9.80 Å². The zero-order valence-electron chi connectivity index (χ0n) is 12.7. The summed E-state index contributed by atoms with van der Waals surface area (Å²) >= 11 is 1.73. The lowest BCUT2D eigenvalue weighted by molar-refractivity contribution is 0.547. The number of fused-ring (bicyclic) bond motifs is 1. The summed E-state index contributed by atoms with van der Waals surface area (Å²) < 4.78 is 0. The van der Waals surface area contributed by atoms with Gasteiger partial charge < -0.3 is 14.8 Å². The number of piperazine rings is 1. The highest BCUT2D eigenvalue weighted by Gasteiger charge is 2.27. The zero-order valence-corrected chi connectivity index (χ0v) is 13.5. The number of H-pyrrole nitrogens is 1. The van der Waals surface area contributed by atoms with Gasteiger partial charge in [0.1, 0.15) is 17.8 Å². The van der Waals surface area contributed by atoms with Crippen LogP contribution in [0.5, 0.6) is 0 Å². The van der Waals surface area contributed by atoms with Crippen LogP contribution in [0.25, 0.3) is 11.0 Å². The highest BCUT2D eigenvalue weighted by atomic mass is 32.1. The number of aryl methyl sites for hydroxylation is 1. The first-order valence-electron chi connectivity index (χ1n) is 7.44. The molecule has 22 heavy (non-hydrogen) atoms. The fraction of sp³-hybridized carbons (Fsp3) is 0.400. The zero-order chi connectivity index (χ0) is 15.1. The third-order valence-corrected chi connectivity index (χ3v) is 5.11. The summed E-state index contributed by atoms with van der Waals surface area (Å²) in [5.74, 6) is 1.02. The molecule has 0 aliphatic carbocycles. The van der Waals surface area contributed by atoms with Crippen LogP contribution in [0, 0.1) is 6.92 Å². The molecule has 1 atom stereocenters. The van der Waals surface area contributed by atoms with Gasteiger partial charge in [-0.2, -0.15) is 0 Å². The summed E-state index contributed by atoms with van der Waals surface area (Å²) in [4.78, 5) is 21.3. The van der Waals surface area contributed by atoms with Gasteiger partial charge in [0, 0.05) is 37.3 Å². The standard InChI is InChI=1S/C15H18N6S/c1-10-8-22-15(19-10)21-6-5-20(7-11(21)2)14-12-3-4-16-13(12)17-9-18-14/h3-4,8-9,11H,5-7H2,1-2H3,(H,16,17,18). The number of rotatable bonds is 2. The number of nitrogens with one attached hydrogen (secondary N) is 1. The van der Waals surface area contributed by atoms with Crippen molar-refractivity contribution in [3.63, 3.8) is 0 Å². The van der Waals surface area contributed by atoms with Crippen LogP contribution in [0.4, 0.5) is 10.9 Å². The predicted octanol–water partition coefficient (Wildman–Crippen LogP) is 2.44. The average Bonchev–Trinajstić information content (AvgIpc) is 3.15. The maximum absolute atomic E-state index is 4.62. The third-order valence-electron chi connectivity index (χ3n) is 4.11. The highest BCUT2D eigenvalue weighted by molar-refractivity contribution is 7.13. The molecule has 114 valence electrons. The van der Waals surface area contributed by atoms with E-state index in [4.69, 9.17) is 0 Å². The Morgan fingerprint density at radius 3 is 3.00 bits per heavy atom. The summed E-state index contributed by atoms with van der Waals surface area (Å²) in [6.45, 7) is 7.14. The van der Waals surface area contributed by atoms with Crippen molar-refractivity contribution in [2.24, 2.45) is 0 Å². The quantitative estimate of drug-likeness (QED) is 0.787. The molecule has 1 aliphatic rings. The lowest BCUT2D eigenvalue weighted by Crippen LogP contribution is -2.52. The Kier molecular flexibility index (Phi) is 3.22. The second kappa shape index (κ2) is 5.24. The Morgan fingerprint density at radius 1 is 1.32 bits per heavy atom. The summed E-state index contributed by atoms with van der Waals surface area (Å²) in [5, 5.41) is 4.33. The molecular formula is C15H18N6S. The van der Waals surface area contributed by atoms with Gasteiger partial charge in [-0.3, -0.25) is 0 Å². The highest BCUT2D eigenvalue weighted by Crippen LogP contribution is 2.28. The van der Waals surface area contributed by atoms with Crippen molar-refractivity contribution in [3.8, 4) is 0 Å². The lowest BCUT2D eigenvalue weighted by Gasteiger charge is -2.40. The van der Waals surface area contributed by atoms with Gasteiger partial charge in [-0.1, -0.05) is 0 Å². The van der Waals surface area contributed by atoms with Gasteiger partial charge in [-0.15, -0.1) is 11.3 Å². The number of hydrogen-bond acceptors (Lipinski definition) is 6. The average molecular weight is 314 g/mol. The van der Waals surface area contributed by atoms with Crippen LogP contribution in [0.3, 0.4) is 0 Å². The maximum atomic E-state index is 4.62. The van der Waals surface area contributed by atoms with Crippen LogP contribution in [0.1, 0.15) is 12.6 Å². The molecule has 0 aromatic carbocycles. The molecule has 1 unspecified atom stereocenters. The van der Waals surface area contributed by atoms with Crippen molar-refractivity contribution >= 4 is 33.3 Å². The predicted molar refractivity (Wildman–Crippen MR) is 89.8 cm³/mol. The first kappa shape index (κ1) is 13.5. The molecular weight excluding hydrogens is 296 g/mol. The number of aromatic amines is 1. The van der Waals surface area contributed by atoms with Gasteiger partial charge in [0.15, 0.2) is 5.13 Å². The second-order valence-electron chi connectivity index (χ2n) is 5.70. The molecule has 4 rings (SSSR count). The molecule has 6 nitrogen and oxygen atoms in total. The summed E-state index contributed by atoms with van der Waals surface area (Å²) in [5.41, 5.74) is 2.00. The number of anilines is 2. The lowest BCUT2D eigenvalue weighted by atomic mass is 10.2. The van der Waals surface area contributed by atoms with Gasteiger partial charge in [-0.05, 0) is 19.9 Å². The van der Waals surface area contributed by atoms with E-state index in [9.17, 15) is 0 Å². The molecule has 0 bridgehead atoms. The minimum absolute atomic E-state index is 0.406.